The fourth-order valence-corrected chi connectivity index (χ4v) is 2.66. The first kappa shape index (κ1) is 15.0. The van der Waals surface area contributed by atoms with Gasteiger partial charge in [0.25, 0.3) is 0 Å². The van der Waals surface area contributed by atoms with E-state index in [0.717, 1.165) is 24.2 Å². The maximum atomic E-state index is 10.6. The third-order valence-corrected chi connectivity index (χ3v) is 8.25. The SMILES string of the molecule is [2H]C(=O)/C=C/CCc1ccccc1O[Si](C)(C)C(C)(C)C. The first-order valence-corrected chi connectivity index (χ1v) is 9.98. The number of hydrogen-bond acceptors (Lipinski definition) is 2. The molecule has 1 aromatic rings. The Morgan fingerprint density at radius 2 is 1.95 bits per heavy atom. The molecule has 0 saturated heterocycles. The summed E-state index contributed by atoms with van der Waals surface area (Å²) in [4.78, 5) is 10.6. The van der Waals surface area contributed by atoms with E-state index in [1.807, 2.05) is 18.2 Å². The van der Waals surface area contributed by atoms with E-state index >= 15 is 0 Å². The minimum Gasteiger partial charge on any atom is -0.543 e. The molecule has 0 unspecified atom stereocenters. The lowest BCUT2D eigenvalue weighted by molar-refractivity contribution is -0.104. The van der Waals surface area contributed by atoms with Gasteiger partial charge >= 0.3 is 0 Å². The number of carbonyl (C=O) groups excluding carboxylic acids is 1. The average molecular weight is 291 g/mol. The summed E-state index contributed by atoms with van der Waals surface area (Å²) in [5.41, 5.74) is 1.16. The summed E-state index contributed by atoms with van der Waals surface area (Å²) in [6, 6.07) is 8.09. The smallest absolute Gasteiger partial charge is 0.250 e. The molecule has 0 aliphatic carbocycles. The van der Waals surface area contributed by atoms with Crippen LogP contribution in [-0.2, 0) is 11.2 Å². The van der Waals surface area contributed by atoms with E-state index in [1.165, 1.54) is 6.08 Å². The van der Waals surface area contributed by atoms with Crippen LogP contribution in [0.25, 0.3) is 0 Å². The van der Waals surface area contributed by atoms with Crippen LogP contribution in [0.2, 0.25) is 18.1 Å². The van der Waals surface area contributed by atoms with E-state index in [4.69, 9.17) is 5.80 Å². The number of allylic oxidation sites excluding steroid dienone is 2. The highest BCUT2D eigenvalue weighted by Crippen LogP contribution is 2.38. The number of rotatable bonds is 6. The summed E-state index contributed by atoms with van der Waals surface area (Å²) >= 11 is 0. The summed E-state index contributed by atoms with van der Waals surface area (Å²) in [7, 11) is -1.84. The Kier molecular flexibility index (Phi) is 5.18. The molecule has 1 rings (SSSR count). The maximum absolute atomic E-state index is 10.6. The van der Waals surface area contributed by atoms with Crippen molar-refractivity contribution in [3.63, 3.8) is 0 Å². The van der Waals surface area contributed by atoms with Gasteiger partial charge in [-0.1, -0.05) is 45.0 Å². The van der Waals surface area contributed by atoms with E-state index in [2.05, 4.69) is 39.9 Å². The predicted octanol–water partition coefficient (Wildman–Crippen LogP) is 4.76. The number of aryl methyl sites for hydroxylation is 1. The summed E-state index contributed by atoms with van der Waals surface area (Å²) in [6.07, 6.45) is 3.95. The van der Waals surface area contributed by atoms with E-state index in [0.29, 0.717) is 0 Å². The first-order chi connectivity index (χ1) is 9.63. The second-order valence-electron chi connectivity index (χ2n) is 6.53. The zero-order valence-electron chi connectivity index (χ0n) is 14.2. The van der Waals surface area contributed by atoms with Crippen molar-refractivity contribution in [2.24, 2.45) is 0 Å². The normalized spacial score (nSPS) is 13.3. The Hall–Kier alpha value is -1.35. The molecule has 0 spiro atoms. The fourth-order valence-electron chi connectivity index (χ4n) is 1.61. The molecule has 0 heterocycles. The average Bonchev–Trinajstić information content (AvgIpc) is 2.34. The Balaban J connectivity index is 2.83. The number of carbonyl (C=O) groups is 1. The number of benzene rings is 1. The van der Waals surface area contributed by atoms with Crippen molar-refractivity contribution < 1.29 is 10.6 Å². The van der Waals surface area contributed by atoms with Crippen molar-refractivity contribution in [2.45, 2.75) is 51.7 Å². The van der Waals surface area contributed by atoms with Gasteiger partial charge in [0.2, 0.25) is 8.32 Å². The Bertz CT molecular complexity index is 516. The van der Waals surface area contributed by atoms with Crippen molar-refractivity contribution in [2.75, 3.05) is 0 Å². The number of para-hydroxylation sites is 1. The number of hydrogen-bond donors (Lipinski definition) is 0. The summed E-state index contributed by atoms with van der Waals surface area (Å²) in [5.74, 6) is 0.953. The Labute approximate surface area is 125 Å². The largest absolute Gasteiger partial charge is 0.543 e. The molecule has 110 valence electrons. The minimum atomic E-state index is -1.84. The van der Waals surface area contributed by atoms with Crippen LogP contribution in [-0.4, -0.2) is 14.6 Å². The van der Waals surface area contributed by atoms with Crippen LogP contribution in [0.5, 0.6) is 5.75 Å². The molecule has 20 heavy (non-hydrogen) atoms. The van der Waals surface area contributed by atoms with Gasteiger partial charge in [0.05, 0.1) is 0 Å². The topological polar surface area (TPSA) is 26.3 Å². The molecular formula is C17H26O2Si. The molecule has 0 N–H and O–H groups in total. The second-order valence-corrected chi connectivity index (χ2v) is 11.3. The van der Waals surface area contributed by atoms with Gasteiger partial charge in [-0.2, -0.15) is 0 Å². The van der Waals surface area contributed by atoms with Crippen molar-refractivity contribution in [1.82, 2.24) is 0 Å². The fraction of sp³-hybridized carbons (Fsp3) is 0.471. The Morgan fingerprint density at radius 3 is 2.55 bits per heavy atom. The lowest BCUT2D eigenvalue weighted by atomic mass is 10.1. The molecule has 0 aliphatic rings. The van der Waals surface area contributed by atoms with E-state index in [1.54, 1.807) is 6.08 Å². The van der Waals surface area contributed by atoms with Crippen molar-refractivity contribution in [3.8, 4) is 5.75 Å². The zero-order valence-corrected chi connectivity index (χ0v) is 14.2. The van der Waals surface area contributed by atoms with Gasteiger partial charge in [-0.25, -0.2) is 0 Å². The van der Waals surface area contributed by atoms with Crippen LogP contribution in [0, 0.1) is 0 Å². The Morgan fingerprint density at radius 1 is 1.30 bits per heavy atom. The molecule has 2 nitrogen and oxygen atoms in total. The standard InChI is InChI=1S/C17H26O2Si/c1-17(2,3)20(4,5)19-16-13-9-8-12-15(16)11-7-6-10-14-18/h6,8-10,12-14H,7,11H2,1-5H3/b10-6+/i14D. The van der Waals surface area contributed by atoms with Crippen LogP contribution in [0.1, 0.15) is 34.1 Å². The quantitative estimate of drug-likeness (QED) is 0.429. The lowest BCUT2D eigenvalue weighted by Crippen LogP contribution is -2.44. The molecule has 0 atom stereocenters. The highest BCUT2D eigenvalue weighted by Gasteiger charge is 2.39. The first-order valence-electron chi connectivity index (χ1n) is 7.57. The second kappa shape index (κ2) is 6.89. The third-order valence-electron chi connectivity index (χ3n) is 3.91. The van der Waals surface area contributed by atoms with E-state index in [9.17, 15) is 4.79 Å². The summed E-state index contributed by atoms with van der Waals surface area (Å²) < 4.78 is 13.2. The highest BCUT2D eigenvalue weighted by atomic mass is 28.4. The van der Waals surface area contributed by atoms with Crippen LogP contribution in [0.3, 0.4) is 0 Å². The van der Waals surface area contributed by atoms with Crippen LogP contribution in [0.15, 0.2) is 36.4 Å². The van der Waals surface area contributed by atoms with Gasteiger partial charge in [-0.3, -0.25) is 4.79 Å². The van der Waals surface area contributed by atoms with Crippen molar-refractivity contribution in [1.29, 1.82) is 0 Å². The van der Waals surface area contributed by atoms with Crippen LogP contribution in [0.4, 0.5) is 0 Å². The molecule has 3 heteroatoms. The summed E-state index contributed by atoms with van der Waals surface area (Å²) in [5, 5.41) is 0.164. The van der Waals surface area contributed by atoms with Gasteiger partial charge in [0, 0.05) is 0 Å². The van der Waals surface area contributed by atoms with E-state index in [-0.39, 0.29) is 5.04 Å². The molecule has 0 aliphatic heterocycles. The minimum absolute atomic E-state index is 0.164. The molecule has 0 amide bonds. The van der Waals surface area contributed by atoms with Gasteiger partial charge < -0.3 is 4.43 Å². The van der Waals surface area contributed by atoms with Gasteiger partial charge in [0.15, 0.2) is 0 Å². The molecule has 0 bridgehead atoms. The number of aldehydes is 1. The zero-order chi connectivity index (χ0) is 16.1. The predicted molar refractivity (Wildman–Crippen MR) is 87.8 cm³/mol. The molecule has 0 aromatic heterocycles. The van der Waals surface area contributed by atoms with E-state index < -0.39 is 14.6 Å². The molecule has 0 radical (unpaired) electrons. The van der Waals surface area contributed by atoms with Crippen molar-refractivity contribution >= 4 is 14.6 Å². The van der Waals surface area contributed by atoms with Gasteiger partial charge in [-0.05, 0) is 48.7 Å². The maximum Gasteiger partial charge on any atom is 0.250 e. The van der Waals surface area contributed by atoms with Gasteiger partial charge in [-0.15, -0.1) is 0 Å². The molecule has 0 fully saturated rings. The molecular weight excluding hydrogens is 264 g/mol. The summed E-state index contributed by atoms with van der Waals surface area (Å²) in [6.45, 7) is 11.2. The van der Waals surface area contributed by atoms with Gasteiger partial charge in [0.1, 0.15) is 13.4 Å². The van der Waals surface area contributed by atoms with Crippen LogP contribution < -0.4 is 4.43 Å². The molecule has 0 saturated carbocycles. The molecule has 1 aromatic carbocycles. The highest BCUT2D eigenvalue weighted by molar-refractivity contribution is 6.74. The lowest BCUT2D eigenvalue weighted by Gasteiger charge is -2.37. The monoisotopic (exact) mass is 291 g/mol. The van der Waals surface area contributed by atoms with Crippen molar-refractivity contribution in [3.05, 3.63) is 42.0 Å². The third kappa shape index (κ3) is 4.64. The van der Waals surface area contributed by atoms with Crippen LogP contribution >= 0.6 is 0 Å².